The average molecular weight is 412 g/mol. The lowest BCUT2D eigenvalue weighted by Gasteiger charge is -2.23. The van der Waals surface area contributed by atoms with Crippen molar-refractivity contribution in [3.63, 3.8) is 0 Å². The second-order valence-corrected chi connectivity index (χ2v) is 8.56. The maximum Gasteiger partial charge on any atom is 0.243 e. The third-order valence-electron chi connectivity index (χ3n) is 5.00. The molecule has 0 saturated heterocycles. The molecule has 0 unspecified atom stereocenters. The molecule has 0 aromatic heterocycles. The van der Waals surface area contributed by atoms with Gasteiger partial charge in [0.1, 0.15) is 11.8 Å². The minimum absolute atomic E-state index is 0.0278. The Balaban J connectivity index is 1.99. The fourth-order valence-corrected chi connectivity index (χ4v) is 3.10. The summed E-state index contributed by atoms with van der Waals surface area (Å²) in [7, 11) is 1.60. The number of carbonyl (C=O) groups is 2. The molecule has 0 heterocycles. The molecule has 6 nitrogen and oxygen atoms in total. The summed E-state index contributed by atoms with van der Waals surface area (Å²) in [6, 6.07) is 11.2. The monoisotopic (exact) mass is 411 g/mol. The molecule has 2 aromatic carbocycles. The van der Waals surface area contributed by atoms with Crippen molar-refractivity contribution in [2.45, 2.75) is 53.0 Å². The van der Waals surface area contributed by atoms with Gasteiger partial charge in [-0.15, -0.1) is 0 Å². The lowest BCUT2D eigenvalue weighted by Crippen LogP contribution is -2.41. The highest BCUT2D eigenvalue weighted by Gasteiger charge is 2.19. The lowest BCUT2D eigenvalue weighted by atomic mass is 9.86. The quantitative estimate of drug-likeness (QED) is 0.639. The Morgan fingerprint density at radius 3 is 2.27 bits per heavy atom. The third kappa shape index (κ3) is 5.99. The second-order valence-electron chi connectivity index (χ2n) is 8.56. The van der Waals surface area contributed by atoms with Gasteiger partial charge in [0.25, 0.3) is 0 Å². The number of amides is 2. The molecule has 30 heavy (non-hydrogen) atoms. The molecule has 2 rings (SSSR count). The van der Waals surface area contributed by atoms with E-state index in [0.717, 1.165) is 28.1 Å². The van der Waals surface area contributed by atoms with Crippen molar-refractivity contribution in [1.82, 2.24) is 5.32 Å². The Bertz CT molecular complexity index is 896. The van der Waals surface area contributed by atoms with Crippen molar-refractivity contribution in [2.24, 2.45) is 0 Å². The topological polar surface area (TPSA) is 79.5 Å². The summed E-state index contributed by atoms with van der Waals surface area (Å²) in [6.45, 7) is 11.9. The zero-order valence-corrected chi connectivity index (χ0v) is 19.0. The number of para-hydroxylation sites is 1. The second kappa shape index (κ2) is 9.65. The van der Waals surface area contributed by atoms with Gasteiger partial charge in [0.15, 0.2) is 0 Å². The van der Waals surface area contributed by atoms with Crippen LogP contribution in [0.2, 0.25) is 0 Å². The molecule has 0 radical (unpaired) electrons. The fraction of sp³-hybridized carbons (Fsp3) is 0.417. The molecule has 0 aliphatic carbocycles. The van der Waals surface area contributed by atoms with Crippen LogP contribution in [0.5, 0.6) is 5.75 Å². The number of benzene rings is 2. The molecule has 0 aliphatic rings. The van der Waals surface area contributed by atoms with E-state index < -0.39 is 6.04 Å². The van der Waals surface area contributed by atoms with Crippen LogP contribution in [0.3, 0.4) is 0 Å². The van der Waals surface area contributed by atoms with E-state index in [4.69, 9.17) is 4.74 Å². The smallest absolute Gasteiger partial charge is 0.243 e. The van der Waals surface area contributed by atoms with Crippen molar-refractivity contribution >= 4 is 23.2 Å². The van der Waals surface area contributed by atoms with E-state index in [1.54, 1.807) is 14.0 Å². The van der Waals surface area contributed by atoms with Crippen molar-refractivity contribution in [2.75, 3.05) is 24.3 Å². The van der Waals surface area contributed by atoms with Crippen LogP contribution in [0.15, 0.2) is 36.4 Å². The highest BCUT2D eigenvalue weighted by Crippen LogP contribution is 2.31. The van der Waals surface area contributed by atoms with Crippen LogP contribution < -0.4 is 20.7 Å². The van der Waals surface area contributed by atoms with Gasteiger partial charge < -0.3 is 20.7 Å². The number of aryl methyl sites for hydroxylation is 2. The van der Waals surface area contributed by atoms with Crippen LogP contribution in [0.1, 0.15) is 44.4 Å². The molecular formula is C24H33N3O3. The van der Waals surface area contributed by atoms with Gasteiger partial charge in [-0.3, -0.25) is 9.59 Å². The van der Waals surface area contributed by atoms with Crippen molar-refractivity contribution < 1.29 is 14.3 Å². The molecule has 2 amide bonds. The Morgan fingerprint density at radius 2 is 1.70 bits per heavy atom. The van der Waals surface area contributed by atoms with Gasteiger partial charge in [0, 0.05) is 5.69 Å². The SMILES string of the molecule is COc1ccc(C(C)(C)C)cc1N[C@H](C)C(=O)NCC(=O)Nc1c(C)cccc1C. The molecule has 6 heteroatoms. The lowest BCUT2D eigenvalue weighted by molar-refractivity contribution is -0.124. The zero-order chi connectivity index (χ0) is 22.5. The summed E-state index contributed by atoms with van der Waals surface area (Å²) in [4.78, 5) is 24.8. The number of hydrogen-bond donors (Lipinski definition) is 3. The number of ether oxygens (including phenoxy) is 1. The van der Waals surface area contributed by atoms with Gasteiger partial charge in [-0.05, 0) is 55.0 Å². The van der Waals surface area contributed by atoms with Crippen LogP contribution in [0, 0.1) is 13.8 Å². The highest BCUT2D eigenvalue weighted by atomic mass is 16.5. The number of hydrogen-bond acceptors (Lipinski definition) is 4. The summed E-state index contributed by atoms with van der Waals surface area (Å²) in [6.07, 6.45) is 0. The molecule has 0 spiro atoms. The van der Waals surface area contributed by atoms with E-state index in [0.29, 0.717) is 5.75 Å². The first-order valence-electron chi connectivity index (χ1n) is 10.1. The number of nitrogens with one attached hydrogen (secondary N) is 3. The molecule has 0 aliphatic heterocycles. The van der Waals surface area contributed by atoms with E-state index in [2.05, 4.69) is 36.7 Å². The van der Waals surface area contributed by atoms with E-state index >= 15 is 0 Å². The predicted molar refractivity (Wildman–Crippen MR) is 122 cm³/mol. The highest BCUT2D eigenvalue weighted by molar-refractivity contribution is 5.96. The summed E-state index contributed by atoms with van der Waals surface area (Å²) in [5.41, 5.74) is 4.59. The Kier molecular flexibility index (Phi) is 7.48. The van der Waals surface area contributed by atoms with Crippen LogP contribution in [-0.4, -0.2) is 31.5 Å². The maximum atomic E-state index is 12.5. The molecule has 3 N–H and O–H groups in total. The van der Waals surface area contributed by atoms with Crippen LogP contribution in [-0.2, 0) is 15.0 Å². The number of carbonyl (C=O) groups excluding carboxylic acids is 2. The third-order valence-corrected chi connectivity index (χ3v) is 5.00. The molecule has 0 bridgehead atoms. The largest absolute Gasteiger partial charge is 0.495 e. The molecular weight excluding hydrogens is 378 g/mol. The maximum absolute atomic E-state index is 12.5. The fourth-order valence-electron chi connectivity index (χ4n) is 3.10. The predicted octanol–water partition coefficient (Wildman–Crippen LogP) is 4.16. The molecule has 1 atom stereocenters. The minimum atomic E-state index is -0.540. The minimum Gasteiger partial charge on any atom is -0.495 e. The molecule has 0 fully saturated rings. The van der Waals surface area contributed by atoms with Crippen molar-refractivity contribution in [3.05, 3.63) is 53.1 Å². The average Bonchev–Trinajstić information content (AvgIpc) is 2.68. The summed E-state index contributed by atoms with van der Waals surface area (Å²) in [5, 5.41) is 8.76. The first kappa shape index (κ1) is 23.3. The van der Waals surface area contributed by atoms with Gasteiger partial charge in [-0.1, -0.05) is 45.0 Å². The van der Waals surface area contributed by atoms with Gasteiger partial charge in [0.05, 0.1) is 19.3 Å². The first-order valence-corrected chi connectivity index (χ1v) is 10.1. The number of anilines is 2. The zero-order valence-electron chi connectivity index (χ0n) is 19.0. The Morgan fingerprint density at radius 1 is 1.07 bits per heavy atom. The molecule has 162 valence electrons. The Hall–Kier alpha value is -3.02. The standard InChI is InChI=1S/C24H33N3O3/c1-15-9-8-10-16(2)22(15)27-21(28)14-25-23(29)17(3)26-19-13-18(24(4,5)6)11-12-20(19)30-7/h8-13,17,26H,14H2,1-7H3,(H,25,29)(H,27,28)/t17-/m1/s1. The van der Waals surface area contributed by atoms with E-state index in [9.17, 15) is 9.59 Å². The van der Waals surface area contributed by atoms with Crippen molar-refractivity contribution in [1.29, 1.82) is 0 Å². The van der Waals surface area contributed by atoms with Gasteiger partial charge in [-0.25, -0.2) is 0 Å². The summed E-state index contributed by atoms with van der Waals surface area (Å²) in [5.74, 6) is 0.130. The van der Waals surface area contributed by atoms with Gasteiger partial charge >= 0.3 is 0 Å². The van der Waals surface area contributed by atoms with E-state index in [-0.39, 0.29) is 23.8 Å². The van der Waals surface area contributed by atoms with Crippen LogP contribution >= 0.6 is 0 Å². The number of rotatable bonds is 7. The van der Waals surface area contributed by atoms with E-state index in [1.165, 1.54) is 0 Å². The van der Waals surface area contributed by atoms with Crippen LogP contribution in [0.25, 0.3) is 0 Å². The summed E-state index contributed by atoms with van der Waals surface area (Å²) < 4.78 is 5.42. The first-order chi connectivity index (χ1) is 14.0. The Labute approximate surface area is 179 Å². The summed E-state index contributed by atoms with van der Waals surface area (Å²) >= 11 is 0. The normalized spacial score (nSPS) is 12.1. The number of methoxy groups -OCH3 is 1. The van der Waals surface area contributed by atoms with Gasteiger partial charge in [0.2, 0.25) is 11.8 Å². The van der Waals surface area contributed by atoms with Gasteiger partial charge in [-0.2, -0.15) is 0 Å². The van der Waals surface area contributed by atoms with Crippen LogP contribution in [0.4, 0.5) is 11.4 Å². The molecule has 2 aromatic rings. The molecule has 0 saturated carbocycles. The van der Waals surface area contributed by atoms with Crippen molar-refractivity contribution in [3.8, 4) is 5.75 Å². The van der Waals surface area contributed by atoms with E-state index in [1.807, 2.05) is 50.2 Å².